The van der Waals surface area contributed by atoms with Crippen LogP contribution in [0.25, 0.3) is 0 Å². The fraction of sp³-hybridized carbons (Fsp3) is 0.444. The second kappa shape index (κ2) is 7.96. The number of ether oxygens (including phenoxy) is 1. The van der Waals surface area contributed by atoms with E-state index >= 15 is 0 Å². The lowest BCUT2D eigenvalue weighted by atomic mass is 10.0. The molecule has 144 valence electrons. The maximum absolute atomic E-state index is 13.0. The summed E-state index contributed by atoms with van der Waals surface area (Å²) in [5, 5.41) is 5.25. The number of benzene rings is 1. The minimum atomic E-state index is -0.770. The molecular weight excluding hydrogens is 374 g/mol. The van der Waals surface area contributed by atoms with Crippen LogP contribution in [-0.2, 0) is 14.4 Å². The number of hydrogen-bond donors (Lipinski definition) is 2. The topological polar surface area (TPSA) is 105 Å². The largest absolute Gasteiger partial charge is 0.496 e. The van der Waals surface area contributed by atoms with Gasteiger partial charge in [0.25, 0.3) is 5.91 Å². The maximum Gasteiger partial charge on any atom is 0.258 e. The molecule has 2 atom stereocenters. The van der Waals surface area contributed by atoms with Gasteiger partial charge in [-0.25, -0.2) is 0 Å². The highest BCUT2D eigenvalue weighted by Gasteiger charge is 2.38. The van der Waals surface area contributed by atoms with Gasteiger partial charge >= 0.3 is 0 Å². The Labute approximate surface area is 161 Å². The molecule has 27 heavy (non-hydrogen) atoms. The first-order chi connectivity index (χ1) is 12.9. The zero-order valence-electron chi connectivity index (χ0n) is 14.8. The van der Waals surface area contributed by atoms with Gasteiger partial charge in [0.15, 0.2) is 0 Å². The smallest absolute Gasteiger partial charge is 0.258 e. The standard InChI is InChI=1S/C18H20ClN3O5/c1-27-14-6-4-10(19)9-11(14)18(26)22-8-2-3-13(22)17(25)20-12-5-7-15(23)21-16(12)24/h4,6,9,12-13H,2-3,5,7-8H2,1H3,(H,20,25)(H,21,23,24). The lowest BCUT2D eigenvalue weighted by Gasteiger charge is -2.28. The summed E-state index contributed by atoms with van der Waals surface area (Å²) in [5.74, 6) is -1.25. The van der Waals surface area contributed by atoms with E-state index in [4.69, 9.17) is 16.3 Å². The molecule has 1 aromatic carbocycles. The van der Waals surface area contributed by atoms with Crippen molar-refractivity contribution in [3.05, 3.63) is 28.8 Å². The van der Waals surface area contributed by atoms with Crippen molar-refractivity contribution in [3.63, 3.8) is 0 Å². The molecule has 2 fully saturated rings. The Morgan fingerprint density at radius 1 is 1.30 bits per heavy atom. The number of imide groups is 1. The van der Waals surface area contributed by atoms with Gasteiger partial charge in [-0.05, 0) is 37.5 Å². The van der Waals surface area contributed by atoms with E-state index < -0.39 is 23.9 Å². The predicted molar refractivity (Wildman–Crippen MR) is 96.4 cm³/mol. The molecule has 2 unspecified atom stereocenters. The third-order valence-electron chi connectivity index (χ3n) is 4.76. The van der Waals surface area contributed by atoms with Crippen LogP contribution in [0.5, 0.6) is 5.75 Å². The zero-order valence-corrected chi connectivity index (χ0v) is 15.5. The van der Waals surface area contributed by atoms with E-state index in [1.54, 1.807) is 12.1 Å². The first-order valence-corrected chi connectivity index (χ1v) is 9.07. The summed E-state index contributed by atoms with van der Waals surface area (Å²) >= 11 is 6.00. The van der Waals surface area contributed by atoms with Crippen LogP contribution in [-0.4, -0.2) is 54.3 Å². The van der Waals surface area contributed by atoms with E-state index in [0.717, 1.165) is 0 Å². The Bertz CT molecular complexity index is 797. The van der Waals surface area contributed by atoms with Gasteiger partial charge in [0.1, 0.15) is 17.8 Å². The van der Waals surface area contributed by atoms with E-state index in [2.05, 4.69) is 10.6 Å². The van der Waals surface area contributed by atoms with Crippen LogP contribution < -0.4 is 15.4 Å². The van der Waals surface area contributed by atoms with Crippen molar-refractivity contribution < 1.29 is 23.9 Å². The average Bonchev–Trinajstić information content (AvgIpc) is 3.13. The van der Waals surface area contributed by atoms with E-state index in [1.165, 1.54) is 18.1 Å². The van der Waals surface area contributed by atoms with Crippen molar-refractivity contribution in [3.8, 4) is 5.75 Å². The molecule has 2 heterocycles. The second-order valence-electron chi connectivity index (χ2n) is 6.51. The number of halogens is 1. The number of likely N-dealkylation sites (tertiary alicyclic amines) is 1. The highest BCUT2D eigenvalue weighted by Crippen LogP contribution is 2.27. The van der Waals surface area contributed by atoms with Gasteiger partial charge in [-0.2, -0.15) is 0 Å². The number of carbonyl (C=O) groups is 4. The van der Waals surface area contributed by atoms with Crippen molar-refractivity contribution in [1.29, 1.82) is 0 Å². The quantitative estimate of drug-likeness (QED) is 0.739. The summed E-state index contributed by atoms with van der Waals surface area (Å²) in [6.45, 7) is 0.419. The molecule has 1 aromatic rings. The fourth-order valence-corrected chi connectivity index (χ4v) is 3.56. The molecule has 8 nitrogen and oxygen atoms in total. The molecule has 0 aliphatic carbocycles. The summed E-state index contributed by atoms with van der Waals surface area (Å²) in [4.78, 5) is 50.2. The van der Waals surface area contributed by atoms with Crippen molar-refractivity contribution in [2.45, 2.75) is 37.8 Å². The molecule has 9 heteroatoms. The molecule has 0 saturated carbocycles. The van der Waals surface area contributed by atoms with Crippen LogP contribution in [0.15, 0.2) is 18.2 Å². The van der Waals surface area contributed by atoms with Crippen molar-refractivity contribution in [2.24, 2.45) is 0 Å². The first-order valence-electron chi connectivity index (χ1n) is 8.69. The van der Waals surface area contributed by atoms with Crippen LogP contribution in [0.4, 0.5) is 0 Å². The molecule has 4 amide bonds. The molecule has 0 bridgehead atoms. The second-order valence-corrected chi connectivity index (χ2v) is 6.95. The molecule has 2 aliphatic heterocycles. The van der Waals surface area contributed by atoms with Gasteiger partial charge in [-0.15, -0.1) is 0 Å². The monoisotopic (exact) mass is 393 g/mol. The Morgan fingerprint density at radius 3 is 2.78 bits per heavy atom. The molecule has 0 aromatic heterocycles. The predicted octanol–water partition coefficient (Wildman–Crippen LogP) is 0.875. The zero-order chi connectivity index (χ0) is 19.6. The summed E-state index contributed by atoms with van der Waals surface area (Å²) < 4.78 is 5.23. The number of amides is 4. The molecule has 3 rings (SSSR count). The molecule has 0 spiro atoms. The summed E-state index contributed by atoms with van der Waals surface area (Å²) in [6.07, 6.45) is 1.58. The van der Waals surface area contributed by atoms with E-state index in [0.29, 0.717) is 30.2 Å². The molecule has 0 radical (unpaired) electrons. The highest BCUT2D eigenvalue weighted by molar-refractivity contribution is 6.31. The third-order valence-corrected chi connectivity index (χ3v) is 5.00. The molecular formula is C18H20ClN3O5. The summed E-state index contributed by atoms with van der Waals surface area (Å²) in [7, 11) is 1.46. The number of hydrogen-bond acceptors (Lipinski definition) is 5. The van der Waals surface area contributed by atoms with Gasteiger partial charge in [-0.3, -0.25) is 24.5 Å². The fourth-order valence-electron chi connectivity index (χ4n) is 3.38. The number of methoxy groups -OCH3 is 1. The van der Waals surface area contributed by atoms with Crippen molar-refractivity contribution in [2.75, 3.05) is 13.7 Å². The Morgan fingerprint density at radius 2 is 2.07 bits per heavy atom. The number of rotatable bonds is 4. The Kier molecular flexibility index (Phi) is 5.65. The normalized spacial score (nSPS) is 22.4. The average molecular weight is 394 g/mol. The molecule has 2 N–H and O–H groups in total. The summed E-state index contributed by atoms with van der Waals surface area (Å²) in [6, 6.07) is 3.27. The lowest BCUT2D eigenvalue weighted by Crippen LogP contribution is -2.56. The van der Waals surface area contributed by atoms with E-state index in [-0.39, 0.29) is 30.2 Å². The molecule has 2 aliphatic rings. The van der Waals surface area contributed by atoms with E-state index in [9.17, 15) is 19.2 Å². The van der Waals surface area contributed by atoms with Gasteiger partial charge in [0.2, 0.25) is 17.7 Å². The number of nitrogens with one attached hydrogen (secondary N) is 2. The van der Waals surface area contributed by atoms with Gasteiger partial charge < -0.3 is 15.0 Å². The van der Waals surface area contributed by atoms with Crippen LogP contribution in [0.3, 0.4) is 0 Å². The SMILES string of the molecule is COc1ccc(Cl)cc1C(=O)N1CCCC1C(=O)NC1CCC(=O)NC1=O. The minimum absolute atomic E-state index is 0.170. The number of carbonyl (C=O) groups excluding carboxylic acids is 4. The Balaban J connectivity index is 1.74. The van der Waals surface area contributed by atoms with Gasteiger partial charge in [0, 0.05) is 18.0 Å². The van der Waals surface area contributed by atoms with Crippen molar-refractivity contribution >= 4 is 35.2 Å². The highest BCUT2D eigenvalue weighted by atomic mass is 35.5. The van der Waals surface area contributed by atoms with Crippen LogP contribution >= 0.6 is 11.6 Å². The van der Waals surface area contributed by atoms with Gasteiger partial charge in [-0.1, -0.05) is 11.6 Å². The van der Waals surface area contributed by atoms with Gasteiger partial charge in [0.05, 0.1) is 12.7 Å². The van der Waals surface area contributed by atoms with Crippen LogP contribution in [0.2, 0.25) is 5.02 Å². The Hall–Kier alpha value is -2.61. The van der Waals surface area contributed by atoms with Crippen LogP contribution in [0.1, 0.15) is 36.0 Å². The van der Waals surface area contributed by atoms with Crippen LogP contribution in [0, 0.1) is 0 Å². The summed E-state index contributed by atoms with van der Waals surface area (Å²) in [5.41, 5.74) is 0.283. The number of piperidine rings is 1. The number of nitrogens with zero attached hydrogens (tertiary/aromatic N) is 1. The maximum atomic E-state index is 13.0. The lowest BCUT2D eigenvalue weighted by molar-refractivity contribution is -0.138. The first kappa shape index (κ1) is 19.2. The van der Waals surface area contributed by atoms with E-state index in [1.807, 2.05) is 0 Å². The minimum Gasteiger partial charge on any atom is -0.496 e. The van der Waals surface area contributed by atoms with Crippen molar-refractivity contribution in [1.82, 2.24) is 15.5 Å². The third kappa shape index (κ3) is 4.05. The molecule has 2 saturated heterocycles.